The van der Waals surface area contributed by atoms with E-state index in [1.807, 2.05) is 0 Å². The number of amides is 3. The highest BCUT2D eigenvalue weighted by atomic mass is 79.9. The number of rotatable bonds is 4. The van der Waals surface area contributed by atoms with Crippen molar-refractivity contribution in [3.8, 4) is 5.75 Å². The first kappa shape index (κ1) is 17.2. The number of carbonyl (C=O) groups excluding carboxylic acids is 2. The van der Waals surface area contributed by atoms with Gasteiger partial charge in [-0.2, -0.15) is 0 Å². The second-order valence-corrected chi connectivity index (χ2v) is 6.22. The van der Waals surface area contributed by atoms with Crippen LogP contribution in [0.2, 0.25) is 0 Å². The zero-order valence-corrected chi connectivity index (χ0v) is 14.8. The van der Waals surface area contributed by atoms with E-state index in [1.54, 1.807) is 43.5 Å². The number of nitrogens with one attached hydrogen (secondary N) is 1. The van der Waals surface area contributed by atoms with Crippen molar-refractivity contribution in [2.45, 2.75) is 6.54 Å². The van der Waals surface area contributed by atoms with Crippen molar-refractivity contribution in [1.29, 1.82) is 0 Å². The van der Waals surface area contributed by atoms with Crippen LogP contribution < -0.4 is 10.1 Å². The number of methoxy groups -OCH3 is 1. The van der Waals surface area contributed by atoms with E-state index < -0.39 is 17.8 Å². The lowest BCUT2D eigenvalue weighted by Gasteiger charge is -2.12. The van der Waals surface area contributed by atoms with Crippen molar-refractivity contribution in [2.24, 2.45) is 0 Å². The molecule has 0 bridgehead atoms. The number of imide groups is 1. The Morgan fingerprint density at radius 3 is 2.68 bits per heavy atom. The van der Waals surface area contributed by atoms with Gasteiger partial charge < -0.3 is 10.1 Å². The maximum atomic E-state index is 13.8. The normalized spacial score (nSPS) is 15.6. The van der Waals surface area contributed by atoms with E-state index in [1.165, 1.54) is 12.1 Å². The maximum Gasteiger partial charge on any atom is 0.329 e. The first-order chi connectivity index (χ1) is 12.0. The number of carbonyl (C=O) groups is 2. The summed E-state index contributed by atoms with van der Waals surface area (Å²) in [6, 6.07) is 10.7. The Hall–Kier alpha value is -2.67. The molecule has 3 rings (SSSR count). The molecule has 0 spiro atoms. The summed E-state index contributed by atoms with van der Waals surface area (Å²) >= 11 is 3.37. The van der Waals surface area contributed by atoms with Crippen LogP contribution in [0.3, 0.4) is 0 Å². The molecule has 5 nitrogen and oxygen atoms in total. The van der Waals surface area contributed by atoms with Crippen molar-refractivity contribution >= 4 is 33.9 Å². The lowest BCUT2D eigenvalue weighted by molar-refractivity contribution is -0.123. The minimum atomic E-state index is -0.577. The molecule has 0 aromatic heterocycles. The molecule has 2 aromatic carbocycles. The molecule has 0 atom stereocenters. The van der Waals surface area contributed by atoms with Crippen molar-refractivity contribution in [3.05, 3.63) is 69.6 Å². The van der Waals surface area contributed by atoms with Gasteiger partial charge in [-0.25, -0.2) is 9.18 Å². The summed E-state index contributed by atoms with van der Waals surface area (Å²) in [6.45, 7) is -0.124. The Morgan fingerprint density at radius 2 is 2.00 bits per heavy atom. The Morgan fingerprint density at radius 1 is 1.24 bits per heavy atom. The van der Waals surface area contributed by atoms with Gasteiger partial charge >= 0.3 is 6.03 Å². The van der Waals surface area contributed by atoms with E-state index in [0.717, 1.165) is 9.37 Å². The second kappa shape index (κ2) is 7.06. The SMILES string of the molecule is COc1ccc(/C=C2/NC(=O)N(Cc3ccccc3F)C2=O)cc1Br. The number of hydrogen-bond acceptors (Lipinski definition) is 3. The van der Waals surface area contributed by atoms with E-state index in [4.69, 9.17) is 4.74 Å². The molecule has 1 heterocycles. The molecule has 3 amide bonds. The highest BCUT2D eigenvalue weighted by molar-refractivity contribution is 9.10. The minimum Gasteiger partial charge on any atom is -0.496 e. The van der Waals surface area contributed by atoms with Gasteiger partial charge in [-0.05, 0) is 45.8 Å². The average molecular weight is 405 g/mol. The molecule has 1 N–H and O–H groups in total. The molecule has 0 saturated carbocycles. The Bertz CT molecular complexity index is 882. The second-order valence-electron chi connectivity index (χ2n) is 5.36. The van der Waals surface area contributed by atoms with E-state index in [-0.39, 0.29) is 17.8 Å². The first-order valence-corrected chi connectivity index (χ1v) is 8.20. The van der Waals surface area contributed by atoms with Crippen LogP contribution in [0.5, 0.6) is 5.75 Å². The van der Waals surface area contributed by atoms with Gasteiger partial charge in [0.25, 0.3) is 5.91 Å². The topological polar surface area (TPSA) is 58.6 Å². The van der Waals surface area contributed by atoms with Crippen LogP contribution in [0.25, 0.3) is 6.08 Å². The number of urea groups is 1. The predicted molar refractivity (Wildman–Crippen MR) is 94.2 cm³/mol. The highest BCUT2D eigenvalue weighted by Gasteiger charge is 2.33. The van der Waals surface area contributed by atoms with Crippen LogP contribution in [0.1, 0.15) is 11.1 Å². The third kappa shape index (κ3) is 3.56. The summed E-state index contributed by atoms with van der Waals surface area (Å²) in [5.41, 5.74) is 1.13. The fraction of sp³-hybridized carbons (Fsp3) is 0.111. The fourth-order valence-corrected chi connectivity index (χ4v) is 3.01. The van der Waals surface area contributed by atoms with Gasteiger partial charge in [0.15, 0.2) is 0 Å². The molecule has 2 aromatic rings. The molecule has 25 heavy (non-hydrogen) atoms. The number of benzene rings is 2. The standard InChI is InChI=1S/C18H14BrFN2O3/c1-25-16-7-6-11(8-13(16)19)9-15-17(23)22(18(24)21-15)10-12-4-2-3-5-14(12)20/h2-9H,10H2,1H3,(H,21,24)/b15-9+. The van der Waals surface area contributed by atoms with Gasteiger partial charge in [-0.3, -0.25) is 9.69 Å². The van der Waals surface area contributed by atoms with Gasteiger partial charge in [0.05, 0.1) is 18.1 Å². The summed E-state index contributed by atoms with van der Waals surface area (Å²) in [5.74, 6) is -0.301. The molecule has 1 aliphatic heterocycles. The van der Waals surface area contributed by atoms with Crippen LogP contribution in [-0.2, 0) is 11.3 Å². The van der Waals surface area contributed by atoms with Crippen LogP contribution in [0.4, 0.5) is 9.18 Å². The molecule has 1 fully saturated rings. The monoisotopic (exact) mass is 404 g/mol. The summed E-state index contributed by atoms with van der Waals surface area (Å²) in [6.07, 6.45) is 1.56. The Balaban J connectivity index is 1.83. The van der Waals surface area contributed by atoms with Crippen LogP contribution in [0, 0.1) is 5.82 Å². The largest absolute Gasteiger partial charge is 0.496 e. The zero-order chi connectivity index (χ0) is 18.0. The van der Waals surface area contributed by atoms with Gasteiger partial charge in [0.2, 0.25) is 0 Å². The van der Waals surface area contributed by atoms with Crippen molar-refractivity contribution in [3.63, 3.8) is 0 Å². The molecule has 0 aliphatic carbocycles. The highest BCUT2D eigenvalue weighted by Crippen LogP contribution is 2.27. The summed E-state index contributed by atoms with van der Waals surface area (Å²) in [7, 11) is 1.56. The fourth-order valence-electron chi connectivity index (χ4n) is 2.45. The van der Waals surface area contributed by atoms with Crippen molar-refractivity contribution in [2.75, 3.05) is 7.11 Å². The van der Waals surface area contributed by atoms with Gasteiger partial charge in [0.1, 0.15) is 17.3 Å². The molecule has 128 valence electrons. The maximum absolute atomic E-state index is 13.8. The quantitative estimate of drug-likeness (QED) is 0.624. The molecule has 1 saturated heterocycles. The number of nitrogens with zero attached hydrogens (tertiary/aromatic N) is 1. The predicted octanol–water partition coefficient (Wildman–Crippen LogP) is 3.69. The summed E-state index contributed by atoms with van der Waals surface area (Å²) < 4.78 is 19.6. The van der Waals surface area contributed by atoms with E-state index >= 15 is 0 Å². The van der Waals surface area contributed by atoms with Crippen LogP contribution >= 0.6 is 15.9 Å². The third-order valence-corrected chi connectivity index (χ3v) is 4.36. The molecular formula is C18H14BrFN2O3. The van der Waals surface area contributed by atoms with Gasteiger partial charge in [0, 0.05) is 5.56 Å². The summed E-state index contributed by atoms with van der Waals surface area (Å²) in [4.78, 5) is 25.5. The Labute approximate surface area is 152 Å². The van der Waals surface area contributed by atoms with Crippen molar-refractivity contribution < 1.29 is 18.7 Å². The molecule has 7 heteroatoms. The lowest BCUT2D eigenvalue weighted by atomic mass is 10.1. The lowest BCUT2D eigenvalue weighted by Crippen LogP contribution is -2.30. The smallest absolute Gasteiger partial charge is 0.329 e. The third-order valence-electron chi connectivity index (χ3n) is 3.74. The van der Waals surface area contributed by atoms with Gasteiger partial charge in [-0.1, -0.05) is 24.3 Å². The zero-order valence-electron chi connectivity index (χ0n) is 13.3. The number of ether oxygens (including phenoxy) is 1. The van der Waals surface area contributed by atoms with Crippen LogP contribution in [0.15, 0.2) is 52.6 Å². The first-order valence-electron chi connectivity index (χ1n) is 7.41. The molecule has 1 aliphatic rings. The molecular weight excluding hydrogens is 391 g/mol. The Kier molecular flexibility index (Phi) is 4.85. The molecule has 0 radical (unpaired) electrons. The number of hydrogen-bond donors (Lipinski definition) is 1. The van der Waals surface area contributed by atoms with Crippen molar-refractivity contribution in [1.82, 2.24) is 10.2 Å². The van der Waals surface area contributed by atoms with E-state index in [9.17, 15) is 14.0 Å². The van der Waals surface area contributed by atoms with Crippen LogP contribution in [-0.4, -0.2) is 23.9 Å². The molecule has 0 unspecified atom stereocenters. The van der Waals surface area contributed by atoms with Gasteiger partial charge in [-0.15, -0.1) is 0 Å². The average Bonchev–Trinajstić information content (AvgIpc) is 2.84. The van der Waals surface area contributed by atoms with E-state index in [2.05, 4.69) is 21.2 Å². The number of halogens is 2. The van der Waals surface area contributed by atoms with E-state index in [0.29, 0.717) is 11.3 Å². The summed E-state index contributed by atoms with van der Waals surface area (Å²) in [5, 5.41) is 2.52. The minimum absolute atomic E-state index is 0.124.